The fraction of sp³-hybridized carbons (Fsp3) is 0.550. The minimum Gasteiger partial charge on any atom is -0.454 e. The first kappa shape index (κ1) is 18.6. The summed E-state index contributed by atoms with van der Waals surface area (Å²) < 4.78 is 10.7. The number of hydrogen-bond acceptors (Lipinski definition) is 5. The number of ether oxygens (including phenoxy) is 2. The fourth-order valence-corrected chi connectivity index (χ4v) is 4.22. The Kier molecular flexibility index (Phi) is 4.64. The third-order valence-electron chi connectivity index (χ3n) is 5.94. The van der Waals surface area contributed by atoms with E-state index < -0.39 is 17.5 Å². The maximum atomic E-state index is 13.1. The van der Waals surface area contributed by atoms with E-state index in [2.05, 4.69) is 12.2 Å². The van der Waals surface area contributed by atoms with Crippen LogP contribution < -0.4 is 14.8 Å². The average Bonchev–Trinajstić information content (AvgIpc) is 3.26. The van der Waals surface area contributed by atoms with Crippen molar-refractivity contribution < 1.29 is 23.9 Å². The number of carbonyl (C=O) groups excluding carboxylic acids is 3. The molecule has 0 bridgehead atoms. The fourth-order valence-electron chi connectivity index (χ4n) is 4.22. The van der Waals surface area contributed by atoms with E-state index in [0.29, 0.717) is 23.6 Å². The zero-order valence-corrected chi connectivity index (χ0v) is 16.2. The van der Waals surface area contributed by atoms with Gasteiger partial charge in [-0.2, -0.15) is 0 Å². The molecule has 8 heteroatoms. The Morgan fingerprint density at radius 1 is 1.25 bits per heavy atom. The highest BCUT2D eigenvalue weighted by Crippen LogP contribution is 2.37. The van der Waals surface area contributed by atoms with Gasteiger partial charge in [-0.3, -0.25) is 14.5 Å². The molecule has 0 unspecified atom stereocenters. The lowest BCUT2D eigenvalue weighted by Crippen LogP contribution is -2.49. The summed E-state index contributed by atoms with van der Waals surface area (Å²) >= 11 is 0. The number of nitrogens with one attached hydrogen (secondary N) is 1. The minimum atomic E-state index is -1.25. The van der Waals surface area contributed by atoms with Gasteiger partial charge in [-0.05, 0) is 50.3 Å². The van der Waals surface area contributed by atoms with Gasteiger partial charge in [0.1, 0.15) is 12.1 Å². The van der Waals surface area contributed by atoms with Crippen LogP contribution in [0.15, 0.2) is 18.2 Å². The largest absolute Gasteiger partial charge is 0.454 e. The summed E-state index contributed by atoms with van der Waals surface area (Å²) in [6, 6.07) is 4.78. The van der Waals surface area contributed by atoms with Crippen molar-refractivity contribution >= 4 is 17.8 Å². The molecule has 1 aromatic carbocycles. The molecule has 0 radical (unpaired) electrons. The number of hydrogen-bond donors (Lipinski definition) is 1. The number of rotatable bonds is 4. The van der Waals surface area contributed by atoms with Crippen molar-refractivity contribution in [3.63, 3.8) is 0 Å². The van der Waals surface area contributed by atoms with Gasteiger partial charge in [0, 0.05) is 12.6 Å². The van der Waals surface area contributed by atoms with Crippen molar-refractivity contribution in [2.24, 2.45) is 0 Å². The molecule has 4 rings (SSSR count). The van der Waals surface area contributed by atoms with Crippen LogP contribution >= 0.6 is 0 Å². The predicted octanol–water partition coefficient (Wildman–Crippen LogP) is 1.97. The van der Waals surface area contributed by atoms with Gasteiger partial charge in [0.25, 0.3) is 5.91 Å². The monoisotopic (exact) mass is 387 g/mol. The van der Waals surface area contributed by atoms with Gasteiger partial charge >= 0.3 is 6.03 Å². The second kappa shape index (κ2) is 7.00. The first-order valence-corrected chi connectivity index (χ1v) is 9.77. The van der Waals surface area contributed by atoms with E-state index in [-0.39, 0.29) is 25.3 Å². The zero-order valence-electron chi connectivity index (χ0n) is 16.2. The highest BCUT2D eigenvalue weighted by atomic mass is 16.7. The van der Waals surface area contributed by atoms with E-state index in [1.54, 1.807) is 25.1 Å². The average molecular weight is 387 g/mol. The molecule has 0 spiro atoms. The quantitative estimate of drug-likeness (QED) is 0.798. The highest BCUT2D eigenvalue weighted by Gasteiger charge is 2.50. The number of urea groups is 1. The minimum absolute atomic E-state index is 0.130. The Bertz CT molecular complexity index is 826. The summed E-state index contributed by atoms with van der Waals surface area (Å²) in [4.78, 5) is 41.3. The number of likely N-dealkylation sites (tertiary alicyclic amines) is 1. The number of nitrogens with zero attached hydrogens (tertiary/aromatic N) is 2. The Morgan fingerprint density at radius 3 is 2.82 bits per heavy atom. The molecule has 4 amide bonds. The Hall–Kier alpha value is -2.77. The summed E-state index contributed by atoms with van der Waals surface area (Å²) in [6.45, 7) is 4.28. The summed E-state index contributed by atoms with van der Waals surface area (Å²) in [6.07, 6.45) is 3.91. The molecule has 2 atom stereocenters. The van der Waals surface area contributed by atoms with Crippen molar-refractivity contribution in [2.75, 3.05) is 19.9 Å². The van der Waals surface area contributed by atoms with Gasteiger partial charge in [0.05, 0.1) is 0 Å². The summed E-state index contributed by atoms with van der Waals surface area (Å²) in [5, 5.41) is 2.74. The number of benzene rings is 1. The molecule has 3 heterocycles. The van der Waals surface area contributed by atoms with Crippen LogP contribution in [0.25, 0.3) is 0 Å². The third-order valence-corrected chi connectivity index (χ3v) is 5.94. The maximum absolute atomic E-state index is 13.1. The molecule has 28 heavy (non-hydrogen) atoms. The van der Waals surface area contributed by atoms with Crippen LogP contribution in [0.3, 0.4) is 0 Å². The van der Waals surface area contributed by atoms with E-state index in [1.165, 1.54) is 0 Å². The lowest BCUT2D eigenvalue weighted by Gasteiger charge is -2.36. The summed E-state index contributed by atoms with van der Waals surface area (Å²) in [5.41, 5.74) is -0.654. The molecule has 0 aromatic heterocycles. The molecule has 1 aromatic rings. The van der Waals surface area contributed by atoms with E-state index in [4.69, 9.17) is 9.47 Å². The summed E-state index contributed by atoms with van der Waals surface area (Å²) in [7, 11) is 0. The molecule has 3 aliphatic rings. The van der Waals surface area contributed by atoms with Crippen molar-refractivity contribution in [1.82, 2.24) is 15.1 Å². The normalized spacial score (nSPS) is 26.6. The standard InChI is InChI=1S/C20H25N3O5/c1-3-14-6-4-5-9-22(14)17(24)11-23-18(25)20(2,21-19(23)26)13-7-8-15-16(10-13)28-12-27-15/h7-8,10,14H,3-6,9,11-12H2,1-2H3,(H,21,26)/t14-,20-/m0/s1. The van der Waals surface area contributed by atoms with Crippen LogP contribution in [-0.4, -0.2) is 53.6 Å². The Labute approximate surface area is 163 Å². The first-order valence-electron chi connectivity index (χ1n) is 9.77. The lowest BCUT2D eigenvalue weighted by molar-refractivity contribution is -0.141. The Balaban J connectivity index is 1.53. The van der Waals surface area contributed by atoms with Crippen molar-refractivity contribution in [3.8, 4) is 11.5 Å². The first-order chi connectivity index (χ1) is 13.4. The Morgan fingerprint density at radius 2 is 2.04 bits per heavy atom. The van der Waals surface area contributed by atoms with E-state index >= 15 is 0 Å². The number of fused-ring (bicyclic) bond motifs is 1. The molecule has 3 aliphatic heterocycles. The van der Waals surface area contributed by atoms with E-state index in [9.17, 15) is 14.4 Å². The van der Waals surface area contributed by atoms with Crippen LogP contribution in [0.1, 0.15) is 45.1 Å². The van der Waals surface area contributed by atoms with Gasteiger partial charge in [-0.15, -0.1) is 0 Å². The van der Waals surface area contributed by atoms with Crippen molar-refractivity contribution in [2.45, 2.75) is 51.1 Å². The van der Waals surface area contributed by atoms with Gasteiger partial charge in [-0.1, -0.05) is 13.0 Å². The van der Waals surface area contributed by atoms with Crippen molar-refractivity contribution in [1.29, 1.82) is 0 Å². The molecule has 8 nitrogen and oxygen atoms in total. The van der Waals surface area contributed by atoms with Crippen molar-refractivity contribution in [3.05, 3.63) is 23.8 Å². The number of amides is 4. The predicted molar refractivity (Wildman–Crippen MR) is 99.8 cm³/mol. The van der Waals surface area contributed by atoms with Gasteiger partial charge in [0.2, 0.25) is 12.7 Å². The zero-order chi connectivity index (χ0) is 19.9. The molecular formula is C20H25N3O5. The van der Waals surface area contributed by atoms with Crippen LogP contribution in [0.2, 0.25) is 0 Å². The van der Waals surface area contributed by atoms with Crippen LogP contribution in [-0.2, 0) is 15.1 Å². The SMILES string of the molecule is CC[C@H]1CCCCN1C(=O)CN1C(=O)N[C@@](C)(c2ccc3c(c2)OCO3)C1=O. The second-order valence-electron chi connectivity index (χ2n) is 7.66. The molecule has 0 aliphatic carbocycles. The maximum Gasteiger partial charge on any atom is 0.325 e. The number of imide groups is 1. The van der Waals surface area contributed by atoms with E-state index in [0.717, 1.165) is 30.6 Å². The van der Waals surface area contributed by atoms with Crippen LogP contribution in [0.5, 0.6) is 11.5 Å². The molecule has 2 fully saturated rings. The molecule has 2 saturated heterocycles. The smallest absolute Gasteiger partial charge is 0.325 e. The molecular weight excluding hydrogens is 362 g/mol. The summed E-state index contributed by atoms with van der Waals surface area (Å²) in [5.74, 6) is 0.529. The number of carbonyl (C=O) groups is 3. The highest BCUT2D eigenvalue weighted by molar-refractivity contribution is 6.09. The second-order valence-corrected chi connectivity index (χ2v) is 7.66. The third kappa shape index (κ3) is 2.96. The van der Waals surface area contributed by atoms with Gasteiger partial charge in [0.15, 0.2) is 11.5 Å². The molecule has 150 valence electrons. The molecule has 0 saturated carbocycles. The van der Waals surface area contributed by atoms with Crippen LogP contribution in [0, 0.1) is 0 Å². The lowest BCUT2D eigenvalue weighted by atomic mass is 9.91. The topological polar surface area (TPSA) is 88.2 Å². The van der Waals surface area contributed by atoms with E-state index in [1.807, 2.05) is 4.90 Å². The molecule has 1 N–H and O–H groups in total. The van der Waals surface area contributed by atoms with Gasteiger partial charge in [-0.25, -0.2) is 4.79 Å². The van der Waals surface area contributed by atoms with Gasteiger partial charge < -0.3 is 19.7 Å². The van der Waals surface area contributed by atoms with Crippen LogP contribution in [0.4, 0.5) is 4.79 Å². The number of piperidine rings is 1.